The maximum atomic E-state index is 4.90. The maximum Gasteiger partial charge on any atom is 0.0726 e. The minimum atomic E-state index is 1.06. The zero-order chi connectivity index (χ0) is 20.4. The zero-order valence-corrected chi connectivity index (χ0v) is 17.7. The maximum absolute atomic E-state index is 4.90. The number of aryl methyl sites for hydroxylation is 3. The second-order valence-electron chi connectivity index (χ2n) is 8.49. The van der Waals surface area contributed by atoms with Crippen molar-refractivity contribution in [3.63, 3.8) is 0 Å². The fraction of sp³-hybridized carbons (Fsp3) is 0.179. The summed E-state index contributed by atoms with van der Waals surface area (Å²) in [4.78, 5) is 4.90. The van der Waals surface area contributed by atoms with Crippen LogP contribution in [0.2, 0.25) is 0 Å². The summed E-state index contributed by atoms with van der Waals surface area (Å²) in [5.74, 6) is 0. The third kappa shape index (κ3) is 2.34. The van der Waals surface area contributed by atoms with E-state index in [1.807, 2.05) is 0 Å². The lowest BCUT2D eigenvalue weighted by molar-refractivity contribution is 0.924. The van der Waals surface area contributed by atoms with E-state index in [2.05, 4.69) is 91.9 Å². The van der Waals surface area contributed by atoms with Crippen LogP contribution in [0.4, 0.5) is 0 Å². The van der Waals surface area contributed by atoms with Gasteiger partial charge < -0.3 is 4.40 Å². The van der Waals surface area contributed by atoms with Crippen molar-refractivity contribution in [1.29, 1.82) is 0 Å². The van der Waals surface area contributed by atoms with Gasteiger partial charge in [0.05, 0.1) is 22.1 Å². The van der Waals surface area contributed by atoms with Gasteiger partial charge in [0.2, 0.25) is 0 Å². The van der Waals surface area contributed by atoms with Crippen molar-refractivity contribution in [1.82, 2.24) is 9.38 Å². The first-order valence-corrected chi connectivity index (χ1v) is 10.8. The van der Waals surface area contributed by atoms with E-state index in [0.717, 1.165) is 24.1 Å². The van der Waals surface area contributed by atoms with E-state index >= 15 is 0 Å². The van der Waals surface area contributed by atoms with Crippen molar-refractivity contribution in [2.45, 2.75) is 33.6 Å². The number of rotatable bonds is 2. The predicted molar refractivity (Wildman–Crippen MR) is 129 cm³/mol. The van der Waals surface area contributed by atoms with Gasteiger partial charge in [0.25, 0.3) is 0 Å². The number of benzene rings is 3. The highest BCUT2D eigenvalue weighted by Crippen LogP contribution is 2.38. The largest absolute Gasteiger partial charge is 0.308 e. The van der Waals surface area contributed by atoms with Gasteiger partial charge in [-0.15, -0.1) is 0 Å². The highest BCUT2D eigenvalue weighted by atomic mass is 14.9. The first-order valence-electron chi connectivity index (χ1n) is 10.8. The molecule has 3 aromatic heterocycles. The number of pyridine rings is 2. The molecule has 0 saturated carbocycles. The van der Waals surface area contributed by atoms with Gasteiger partial charge in [0.1, 0.15) is 0 Å². The summed E-state index contributed by atoms with van der Waals surface area (Å²) in [5, 5.41) is 6.44. The summed E-state index contributed by atoms with van der Waals surface area (Å²) in [5.41, 5.74) is 8.65. The van der Waals surface area contributed by atoms with E-state index in [0.29, 0.717) is 0 Å². The number of hydrogen-bond acceptors (Lipinski definition) is 1. The van der Waals surface area contributed by atoms with E-state index < -0.39 is 0 Å². The summed E-state index contributed by atoms with van der Waals surface area (Å²) in [6, 6.07) is 24.7. The molecule has 0 amide bonds. The molecule has 6 aromatic rings. The van der Waals surface area contributed by atoms with Gasteiger partial charge in [-0.1, -0.05) is 61.4 Å². The molecular weight excluding hydrogens is 364 g/mol. The van der Waals surface area contributed by atoms with Crippen molar-refractivity contribution in [3.05, 3.63) is 83.6 Å². The Morgan fingerprint density at radius 2 is 1.60 bits per heavy atom. The van der Waals surface area contributed by atoms with E-state index in [9.17, 15) is 0 Å². The minimum Gasteiger partial charge on any atom is -0.308 e. The summed E-state index contributed by atoms with van der Waals surface area (Å²) < 4.78 is 2.46. The highest BCUT2D eigenvalue weighted by molar-refractivity contribution is 6.19. The average molecular weight is 389 g/mol. The number of nitrogens with zero attached hydrogens (tertiary/aromatic N) is 2. The summed E-state index contributed by atoms with van der Waals surface area (Å²) in [7, 11) is 0. The van der Waals surface area contributed by atoms with Gasteiger partial charge in [-0.3, -0.25) is 4.98 Å². The Balaban J connectivity index is 1.94. The Hall–Kier alpha value is -3.39. The standard InChI is InChI=1S/C28H24N2/c1-4-7-19-11-12-20-23(15-19)24-14-17(2)10-13-26(24)30-27(20)16-22-18(3)29-25-9-6-5-8-21(25)28(22)30/h5-6,8-16H,4,7H2,1-3H3. The van der Waals surface area contributed by atoms with Crippen molar-refractivity contribution < 1.29 is 0 Å². The Morgan fingerprint density at radius 3 is 2.47 bits per heavy atom. The lowest BCUT2D eigenvalue weighted by Gasteiger charge is -2.13. The Kier molecular flexibility index (Phi) is 3.67. The fourth-order valence-electron chi connectivity index (χ4n) is 5.05. The zero-order valence-electron chi connectivity index (χ0n) is 17.7. The second-order valence-corrected chi connectivity index (χ2v) is 8.49. The molecular formula is C28H24N2. The summed E-state index contributed by atoms with van der Waals surface area (Å²) >= 11 is 0. The topological polar surface area (TPSA) is 17.3 Å². The van der Waals surface area contributed by atoms with Crippen molar-refractivity contribution in [3.8, 4) is 0 Å². The van der Waals surface area contributed by atoms with Crippen molar-refractivity contribution in [2.75, 3.05) is 0 Å². The van der Waals surface area contributed by atoms with Gasteiger partial charge in [-0.05, 0) is 55.5 Å². The second kappa shape index (κ2) is 6.30. The highest BCUT2D eigenvalue weighted by Gasteiger charge is 2.16. The molecule has 0 radical (unpaired) electrons. The molecule has 0 aliphatic heterocycles. The Morgan fingerprint density at radius 1 is 0.733 bits per heavy atom. The number of hydrogen-bond donors (Lipinski definition) is 0. The lowest BCUT2D eigenvalue weighted by Crippen LogP contribution is -1.94. The first kappa shape index (κ1) is 17.5. The molecule has 0 N–H and O–H groups in total. The molecule has 30 heavy (non-hydrogen) atoms. The van der Waals surface area contributed by atoms with Crippen LogP contribution in [-0.4, -0.2) is 9.38 Å². The Labute approximate surface area is 175 Å². The molecule has 0 fully saturated rings. The van der Waals surface area contributed by atoms with Gasteiger partial charge >= 0.3 is 0 Å². The molecule has 2 nitrogen and oxygen atoms in total. The van der Waals surface area contributed by atoms with Crippen LogP contribution in [0.1, 0.15) is 30.2 Å². The molecule has 2 heteroatoms. The van der Waals surface area contributed by atoms with Gasteiger partial charge in [-0.2, -0.15) is 0 Å². The summed E-state index contributed by atoms with van der Waals surface area (Å²) in [6.45, 7) is 6.56. The fourth-order valence-corrected chi connectivity index (χ4v) is 5.05. The third-order valence-corrected chi connectivity index (χ3v) is 6.42. The molecule has 0 unspecified atom stereocenters. The molecule has 0 saturated heterocycles. The minimum absolute atomic E-state index is 1.06. The van der Waals surface area contributed by atoms with Crippen molar-refractivity contribution in [2.24, 2.45) is 0 Å². The molecule has 3 heterocycles. The van der Waals surface area contributed by atoms with Crippen LogP contribution >= 0.6 is 0 Å². The molecule has 0 atom stereocenters. The van der Waals surface area contributed by atoms with Crippen LogP contribution < -0.4 is 0 Å². The molecule has 0 spiro atoms. The molecule has 0 bridgehead atoms. The van der Waals surface area contributed by atoms with Crippen LogP contribution in [-0.2, 0) is 6.42 Å². The van der Waals surface area contributed by atoms with Crippen LogP contribution in [0.3, 0.4) is 0 Å². The molecule has 146 valence electrons. The van der Waals surface area contributed by atoms with E-state index in [1.165, 1.54) is 54.6 Å². The first-order chi connectivity index (χ1) is 14.7. The predicted octanol–water partition coefficient (Wildman–Crippen LogP) is 7.52. The molecule has 0 aliphatic rings. The van der Waals surface area contributed by atoms with Crippen LogP contribution in [0, 0.1) is 13.8 Å². The molecule has 3 aromatic carbocycles. The summed E-state index contributed by atoms with van der Waals surface area (Å²) in [6.07, 6.45) is 2.28. The quantitative estimate of drug-likeness (QED) is 0.280. The number of para-hydroxylation sites is 1. The number of aromatic nitrogens is 2. The Bertz CT molecular complexity index is 1620. The van der Waals surface area contributed by atoms with Crippen LogP contribution in [0.15, 0.2) is 66.7 Å². The SMILES string of the molecule is CCCc1ccc2c(c1)c1cc(C)ccc1n1c2cc2c(C)nc3ccccc3c21. The van der Waals surface area contributed by atoms with E-state index in [-0.39, 0.29) is 0 Å². The average Bonchev–Trinajstić information content (AvgIpc) is 3.16. The van der Waals surface area contributed by atoms with Gasteiger partial charge in [0, 0.05) is 27.2 Å². The lowest BCUT2D eigenvalue weighted by atomic mass is 9.99. The van der Waals surface area contributed by atoms with Crippen LogP contribution in [0.5, 0.6) is 0 Å². The number of fused-ring (bicyclic) bond motifs is 10. The molecule has 0 aliphatic carbocycles. The monoisotopic (exact) mass is 388 g/mol. The van der Waals surface area contributed by atoms with Crippen molar-refractivity contribution >= 4 is 49.0 Å². The third-order valence-electron chi connectivity index (χ3n) is 6.42. The van der Waals surface area contributed by atoms with Crippen LogP contribution in [0.25, 0.3) is 49.0 Å². The van der Waals surface area contributed by atoms with E-state index in [1.54, 1.807) is 0 Å². The normalized spacial score (nSPS) is 12.1. The molecule has 6 rings (SSSR count). The smallest absolute Gasteiger partial charge is 0.0726 e. The van der Waals surface area contributed by atoms with Gasteiger partial charge in [-0.25, -0.2) is 0 Å². The van der Waals surface area contributed by atoms with E-state index in [4.69, 9.17) is 4.98 Å². The van der Waals surface area contributed by atoms with Gasteiger partial charge in [0.15, 0.2) is 0 Å².